The Morgan fingerprint density at radius 3 is 2.25 bits per heavy atom. The smallest absolute Gasteiger partial charge is 0.410 e. The van der Waals surface area contributed by atoms with Gasteiger partial charge in [-0.2, -0.15) is 0 Å². The molecule has 0 spiro atoms. The fourth-order valence-corrected chi connectivity index (χ4v) is 4.30. The number of ether oxygens (including phenoxy) is 2. The molecule has 0 bridgehead atoms. The van der Waals surface area contributed by atoms with Crippen molar-refractivity contribution >= 4 is 40.9 Å². The summed E-state index contributed by atoms with van der Waals surface area (Å²) in [4.78, 5) is 16.4. The van der Waals surface area contributed by atoms with Crippen molar-refractivity contribution in [2.75, 3.05) is 39.8 Å². The first-order chi connectivity index (χ1) is 15.1. The molecule has 0 unspecified atom stereocenters. The van der Waals surface area contributed by atoms with Crippen molar-refractivity contribution in [2.45, 2.75) is 32.8 Å². The predicted octanol–water partition coefficient (Wildman–Crippen LogP) is 6.42. The van der Waals surface area contributed by atoms with Gasteiger partial charge in [-0.1, -0.05) is 34.8 Å². The fraction of sp³-hybridized carbons (Fsp3) is 0.458. The van der Waals surface area contributed by atoms with Crippen LogP contribution in [-0.2, 0) is 11.2 Å². The minimum atomic E-state index is -0.483. The molecular weight excluding hydrogens is 471 g/mol. The topological polar surface area (TPSA) is 42.0 Å². The lowest BCUT2D eigenvalue weighted by Crippen LogP contribution is -2.50. The van der Waals surface area contributed by atoms with E-state index in [0.717, 1.165) is 48.5 Å². The average molecular weight is 500 g/mol. The van der Waals surface area contributed by atoms with Gasteiger partial charge >= 0.3 is 6.09 Å². The van der Waals surface area contributed by atoms with Crippen LogP contribution >= 0.6 is 34.8 Å². The minimum absolute atomic E-state index is 0.250. The van der Waals surface area contributed by atoms with Crippen LogP contribution in [0.4, 0.5) is 4.79 Å². The van der Waals surface area contributed by atoms with E-state index in [9.17, 15) is 4.79 Å². The first-order valence-corrected chi connectivity index (χ1v) is 11.7. The summed E-state index contributed by atoms with van der Waals surface area (Å²) in [5.74, 6) is 0.740. The largest absolute Gasteiger partial charge is 0.496 e. The van der Waals surface area contributed by atoms with E-state index in [1.54, 1.807) is 24.1 Å². The number of amides is 1. The van der Waals surface area contributed by atoms with E-state index >= 15 is 0 Å². The third kappa shape index (κ3) is 6.44. The van der Waals surface area contributed by atoms with E-state index in [0.29, 0.717) is 28.2 Å². The molecule has 174 valence electrons. The lowest BCUT2D eigenvalue weighted by molar-refractivity contribution is 0.0146. The molecule has 1 fully saturated rings. The van der Waals surface area contributed by atoms with Crippen LogP contribution in [-0.4, -0.2) is 61.3 Å². The standard InChI is InChI=1S/C24H29Cl3N2O3/c1-24(2,3)32-23(30)29-11-9-28(10-12-29)8-7-16-13-18(21(27)15-22(16)31-4)19-14-17(25)5-6-20(19)26/h5-6,13-15H,7-12H2,1-4H3. The second-order valence-corrected chi connectivity index (χ2v) is 10.1. The van der Waals surface area contributed by atoms with Crippen LogP contribution in [0.5, 0.6) is 5.75 Å². The number of halogens is 3. The summed E-state index contributed by atoms with van der Waals surface area (Å²) < 4.78 is 11.1. The molecule has 32 heavy (non-hydrogen) atoms. The monoisotopic (exact) mass is 498 g/mol. The quantitative estimate of drug-likeness (QED) is 0.476. The van der Waals surface area contributed by atoms with Crippen LogP contribution in [0, 0.1) is 0 Å². The molecule has 0 N–H and O–H groups in total. The third-order valence-corrected chi connectivity index (χ3v) is 6.19. The highest BCUT2D eigenvalue weighted by molar-refractivity contribution is 6.37. The van der Waals surface area contributed by atoms with Gasteiger partial charge in [0.1, 0.15) is 11.4 Å². The van der Waals surface area contributed by atoms with Gasteiger partial charge in [0, 0.05) is 53.9 Å². The highest BCUT2D eigenvalue weighted by Gasteiger charge is 2.26. The van der Waals surface area contributed by atoms with Crippen LogP contribution in [0.1, 0.15) is 26.3 Å². The number of rotatable bonds is 5. The Labute approximate surface area is 205 Å². The summed E-state index contributed by atoms with van der Waals surface area (Å²) >= 11 is 19.1. The molecule has 0 atom stereocenters. The molecule has 8 heteroatoms. The van der Waals surface area contributed by atoms with Crippen molar-refractivity contribution in [2.24, 2.45) is 0 Å². The van der Waals surface area contributed by atoms with Crippen LogP contribution in [0.15, 0.2) is 30.3 Å². The maximum atomic E-state index is 12.3. The number of benzene rings is 2. The second kappa shape index (κ2) is 10.5. The molecule has 1 heterocycles. The van der Waals surface area contributed by atoms with Crippen LogP contribution in [0.25, 0.3) is 11.1 Å². The summed E-state index contributed by atoms with van der Waals surface area (Å²) in [7, 11) is 1.64. The van der Waals surface area contributed by atoms with Crippen LogP contribution in [0.2, 0.25) is 15.1 Å². The number of piperazine rings is 1. The van der Waals surface area contributed by atoms with Crippen LogP contribution < -0.4 is 4.74 Å². The zero-order valence-electron chi connectivity index (χ0n) is 18.9. The van der Waals surface area contributed by atoms with Gasteiger partial charge in [0.25, 0.3) is 0 Å². The van der Waals surface area contributed by atoms with Gasteiger partial charge in [0.05, 0.1) is 12.1 Å². The summed E-state index contributed by atoms with van der Waals surface area (Å²) in [5.41, 5.74) is 2.17. The van der Waals surface area contributed by atoms with Gasteiger partial charge in [0.2, 0.25) is 0 Å². The summed E-state index contributed by atoms with van der Waals surface area (Å²) in [6.45, 7) is 9.36. The van der Waals surface area contributed by atoms with E-state index in [-0.39, 0.29) is 6.09 Å². The number of carbonyl (C=O) groups excluding carboxylic acids is 1. The van der Waals surface area contributed by atoms with Crippen molar-refractivity contribution in [3.05, 3.63) is 51.0 Å². The van der Waals surface area contributed by atoms with Crippen LogP contribution in [0.3, 0.4) is 0 Å². The minimum Gasteiger partial charge on any atom is -0.496 e. The Morgan fingerprint density at radius 1 is 0.969 bits per heavy atom. The predicted molar refractivity (Wildman–Crippen MR) is 131 cm³/mol. The van der Waals surface area contributed by atoms with E-state index in [1.165, 1.54) is 0 Å². The lowest BCUT2D eigenvalue weighted by atomic mass is 10.00. The van der Waals surface area contributed by atoms with Gasteiger partial charge in [0.15, 0.2) is 0 Å². The maximum absolute atomic E-state index is 12.3. The lowest BCUT2D eigenvalue weighted by Gasteiger charge is -2.35. The van der Waals surface area contributed by atoms with E-state index in [2.05, 4.69) is 4.90 Å². The molecule has 2 aromatic carbocycles. The van der Waals surface area contributed by atoms with Gasteiger partial charge in [-0.15, -0.1) is 0 Å². The highest BCUT2D eigenvalue weighted by Crippen LogP contribution is 2.38. The Hall–Kier alpha value is -1.66. The molecule has 0 aliphatic carbocycles. The Bertz CT molecular complexity index is 968. The molecule has 1 saturated heterocycles. The van der Waals surface area contributed by atoms with E-state index < -0.39 is 5.60 Å². The highest BCUT2D eigenvalue weighted by atomic mass is 35.5. The molecule has 5 nitrogen and oxygen atoms in total. The van der Waals surface area contributed by atoms with E-state index in [4.69, 9.17) is 44.3 Å². The Morgan fingerprint density at radius 2 is 1.62 bits per heavy atom. The first kappa shape index (κ1) is 25.0. The SMILES string of the molecule is COc1cc(Cl)c(-c2cc(Cl)ccc2Cl)cc1CCN1CCN(C(=O)OC(C)(C)C)CC1. The van der Waals surface area contributed by atoms with Crippen molar-refractivity contribution < 1.29 is 14.3 Å². The number of hydrogen-bond donors (Lipinski definition) is 0. The number of nitrogens with zero attached hydrogens (tertiary/aromatic N) is 2. The Balaban J connectivity index is 1.68. The molecule has 0 aromatic heterocycles. The van der Waals surface area contributed by atoms with E-state index in [1.807, 2.05) is 39.0 Å². The molecule has 1 amide bonds. The number of hydrogen-bond acceptors (Lipinski definition) is 4. The second-order valence-electron chi connectivity index (χ2n) is 8.83. The maximum Gasteiger partial charge on any atom is 0.410 e. The van der Waals surface area contributed by atoms with Gasteiger partial charge in [-0.05, 0) is 63.1 Å². The molecule has 3 rings (SSSR count). The Kier molecular flexibility index (Phi) is 8.21. The van der Waals surface area contributed by atoms with Gasteiger partial charge in [-0.25, -0.2) is 4.79 Å². The van der Waals surface area contributed by atoms with Gasteiger partial charge in [-0.3, -0.25) is 4.90 Å². The molecule has 2 aromatic rings. The summed E-state index contributed by atoms with van der Waals surface area (Å²) in [5, 5.41) is 1.74. The molecule has 1 aliphatic rings. The zero-order chi connectivity index (χ0) is 23.5. The zero-order valence-corrected chi connectivity index (χ0v) is 21.2. The van der Waals surface area contributed by atoms with Gasteiger partial charge < -0.3 is 14.4 Å². The van der Waals surface area contributed by atoms with Crippen molar-refractivity contribution in [3.8, 4) is 16.9 Å². The van der Waals surface area contributed by atoms with Crippen molar-refractivity contribution in [3.63, 3.8) is 0 Å². The molecule has 1 aliphatic heterocycles. The normalized spacial score (nSPS) is 15.0. The van der Waals surface area contributed by atoms with Crippen molar-refractivity contribution in [1.82, 2.24) is 9.80 Å². The fourth-order valence-electron chi connectivity index (χ4n) is 3.65. The van der Waals surface area contributed by atoms with Crippen molar-refractivity contribution in [1.29, 1.82) is 0 Å². The number of carbonyl (C=O) groups is 1. The summed E-state index contributed by atoms with van der Waals surface area (Å²) in [6, 6.07) is 9.18. The first-order valence-electron chi connectivity index (χ1n) is 10.6. The molecule has 0 saturated carbocycles. The molecular formula is C24H29Cl3N2O3. The third-order valence-electron chi connectivity index (χ3n) is 5.31. The summed E-state index contributed by atoms with van der Waals surface area (Å²) in [6.07, 6.45) is 0.525. The molecule has 0 radical (unpaired) electrons. The average Bonchev–Trinajstić information content (AvgIpc) is 2.73. The number of methoxy groups -OCH3 is 1.